The van der Waals surface area contributed by atoms with Gasteiger partial charge in [-0.05, 0) is 0 Å². The molecule has 0 radical (unpaired) electrons. The number of anilines is 1. The van der Waals surface area contributed by atoms with Crippen molar-refractivity contribution >= 4 is 44.6 Å². The molecule has 4 heteroatoms. The van der Waals surface area contributed by atoms with Crippen LogP contribution in [-0.2, 0) is 6.42 Å². The molecule has 2 heterocycles. The van der Waals surface area contributed by atoms with E-state index in [9.17, 15) is 0 Å². The zero-order chi connectivity index (χ0) is 18.4. The van der Waals surface area contributed by atoms with E-state index in [2.05, 4.69) is 61.2 Å². The Kier molecular flexibility index (Phi) is 4.47. The number of rotatable bonds is 3. The molecule has 2 aliphatic heterocycles. The SMILES string of the molecule is CCN(CC)c1ccc2c3c(ccc2c1)N=c1cc2[c](cc1O3)=[In][CH2]CC2. The molecule has 0 saturated carbocycles. The summed E-state index contributed by atoms with van der Waals surface area (Å²) in [5, 5.41) is 3.37. The van der Waals surface area contributed by atoms with Crippen molar-refractivity contribution in [2.24, 2.45) is 4.99 Å². The minimum absolute atomic E-state index is 0.613. The van der Waals surface area contributed by atoms with Crippen molar-refractivity contribution < 1.29 is 4.74 Å². The van der Waals surface area contributed by atoms with E-state index in [4.69, 9.17) is 9.73 Å². The van der Waals surface area contributed by atoms with Gasteiger partial charge in [0.15, 0.2) is 0 Å². The van der Waals surface area contributed by atoms with Crippen LogP contribution in [0, 0.1) is 2.90 Å². The van der Waals surface area contributed by atoms with Crippen LogP contribution < -0.4 is 15.0 Å². The van der Waals surface area contributed by atoms with Gasteiger partial charge >= 0.3 is 171 Å². The van der Waals surface area contributed by atoms with E-state index in [1.165, 1.54) is 33.7 Å². The minimum atomic E-state index is -0.613. The summed E-state index contributed by atoms with van der Waals surface area (Å²) in [7, 11) is 0. The van der Waals surface area contributed by atoms with Gasteiger partial charge in [-0.25, -0.2) is 0 Å². The van der Waals surface area contributed by atoms with Crippen molar-refractivity contribution in [3.05, 3.63) is 56.3 Å². The van der Waals surface area contributed by atoms with Gasteiger partial charge in [0.25, 0.3) is 0 Å². The fraction of sp³-hybridized carbons (Fsp3) is 0.304. The van der Waals surface area contributed by atoms with Gasteiger partial charge in [-0.1, -0.05) is 0 Å². The maximum atomic E-state index is 6.43. The van der Waals surface area contributed by atoms with Crippen LogP contribution in [0.5, 0.6) is 11.5 Å². The van der Waals surface area contributed by atoms with Crippen LogP contribution in [-0.4, -0.2) is 35.5 Å². The standard InChI is InChI=1S/C23H23N2O.In/c1-4-7-16-8-13-22-21(14-16)24-20-12-9-17-15-18(25(5-2)6-3)10-11-19(17)23(20)26-22;/h9-15H,1,4-7H2,2-3H3;. The molecule has 0 fully saturated rings. The zero-order valence-electron chi connectivity index (χ0n) is 16.0. The molecular formula is C23H23InN2O. The summed E-state index contributed by atoms with van der Waals surface area (Å²) >= 11 is -0.613. The molecule has 0 amide bonds. The second kappa shape index (κ2) is 6.97. The first-order chi connectivity index (χ1) is 13.3. The second-order valence-electron chi connectivity index (χ2n) is 7.32. The third-order valence-electron chi connectivity index (χ3n) is 5.75. The van der Waals surface area contributed by atoms with Crippen LogP contribution in [0.3, 0.4) is 0 Å². The van der Waals surface area contributed by atoms with Crippen molar-refractivity contribution in [2.75, 3.05) is 18.0 Å². The first kappa shape index (κ1) is 17.3. The van der Waals surface area contributed by atoms with E-state index in [1.54, 1.807) is 2.90 Å². The van der Waals surface area contributed by atoms with E-state index in [0.29, 0.717) is 0 Å². The summed E-state index contributed by atoms with van der Waals surface area (Å²) < 4.78 is 9.52. The molecular weight excluding hydrogens is 435 g/mol. The van der Waals surface area contributed by atoms with Gasteiger partial charge in [0, 0.05) is 0 Å². The molecule has 0 spiro atoms. The quantitative estimate of drug-likeness (QED) is 0.429. The summed E-state index contributed by atoms with van der Waals surface area (Å²) in [5.74, 6) is 1.87. The third-order valence-corrected chi connectivity index (χ3v) is 10.5. The molecule has 0 atom stereocenters. The Balaban J connectivity index is 1.66. The summed E-state index contributed by atoms with van der Waals surface area (Å²) in [5.41, 5.74) is 3.74. The van der Waals surface area contributed by atoms with Crippen LogP contribution in [0.15, 0.2) is 47.5 Å². The number of aryl methyl sites for hydroxylation is 1. The van der Waals surface area contributed by atoms with Crippen molar-refractivity contribution in [1.29, 1.82) is 0 Å². The number of benzene rings is 3. The number of hydrogen-bond acceptors (Lipinski definition) is 3. The number of ether oxygens (including phenoxy) is 1. The van der Waals surface area contributed by atoms with Crippen molar-refractivity contribution in [2.45, 2.75) is 30.9 Å². The number of nitrogens with zero attached hydrogens (tertiary/aromatic N) is 2. The normalized spacial score (nSPS) is 14.0. The third kappa shape index (κ3) is 2.98. The fourth-order valence-electron chi connectivity index (χ4n) is 4.25. The van der Waals surface area contributed by atoms with E-state index in [1.807, 2.05) is 0 Å². The Labute approximate surface area is 170 Å². The molecule has 0 N–H and O–H groups in total. The van der Waals surface area contributed by atoms with Crippen LogP contribution >= 0.6 is 0 Å². The molecule has 0 unspecified atom stereocenters. The number of hydrogen-bond donors (Lipinski definition) is 0. The van der Waals surface area contributed by atoms with Gasteiger partial charge in [-0.3, -0.25) is 0 Å². The molecule has 3 aromatic carbocycles. The molecule has 0 aromatic heterocycles. The molecule has 27 heavy (non-hydrogen) atoms. The first-order valence-corrected chi connectivity index (χ1v) is 14.0. The first-order valence-electron chi connectivity index (χ1n) is 9.98. The maximum absolute atomic E-state index is 6.43. The summed E-state index contributed by atoms with van der Waals surface area (Å²) in [4.78, 5) is 7.32. The van der Waals surface area contributed by atoms with Gasteiger partial charge in [-0.2, -0.15) is 0 Å². The average Bonchev–Trinajstić information content (AvgIpc) is 2.71. The van der Waals surface area contributed by atoms with Crippen LogP contribution in [0.25, 0.3) is 10.8 Å². The van der Waals surface area contributed by atoms with E-state index < -0.39 is 22.4 Å². The van der Waals surface area contributed by atoms with Gasteiger partial charge in [0.2, 0.25) is 0 Å². The summed E-state index contributed by atoms with van der Waals surface area (Å²) in [6, 6.07) is 15.5. The van der Waals surface area contributed by atoms with Crippen LogP contribution in [0.1, 0.15) is 25.8 Å². The molecule has 3 aromatic rings. The van der Waals surface area contributed by atoms with Crippen molar-refractivity contribution in [3.63, 3.8) is 0 Å². The Hall–Kier alpha value is -1.81. The van der Waals surface area contributed by atoms with Gasteiger partial charge in [-0.15, -0.1) is 0 Å². The average molecular weight is 458 g/mol. The zero-order valence-corrected chi connectivity index (χ0v) is 19.3. The van der Waals surface area contributed by atoms with Crippen molar-refractivity contribution in [1.82, 2.24) is 0 Å². The van der Waals surface area contributed by atoms with Gasteiger partial charge in [0.05, 0.1) is 0 Å². The molecule has 5 rings (SSSR count). The Morgan fingerprint density at radius 2 is 1.96 bits per heavy atom. The predicted octanol–water partition coefficient (Wildman–Crippen LogP) is 5.06. The second-order valence-corrected chi connectivity index (χ2v) is 11.9. The van der Waals surface area contributed by atoms with E-state index in [-0.39, 0.29) is 0 Å². The number of fused-ring (bicyclic) bond motifs is 5. The topological polar surface area (TPSA) is 24.8 Å². The summed E-state index contributed by atoms with van der Waals surface area (Å²) in [6.07, 6.45) is 2.58. The van der Waals surface area contributed by atoms with Gasteiger partial charge < -0.3 is 0 Å². The molecule has 3 nitrogen and oxygen atoms in total. The van der Waals surface area contributed by atoms with Crippen LogP contribution in [0.2, 0.25) is 4.18 Å². The molecule has 0 saturated heterocycles. The predicted molar refractivity (Wildman–Crippen MR) is 113 cm³/mol. The Morgan fingerprint density at radius 3 is 2.81 bits per heavy atom. The Morgan fingerprint density at radius 1 is 1.07 bits per heavy atom. The Bertz CT molecular complexity index is 1170. The summed E-state index contributed by atoms with van der Waals surface area (Å²) in [6.45, 7) is 6.43. The molecule has 2 aliphatic rings. The molecule has 0 bridgehead atoms. The van der Waals surface area contributed by atoms with E-state index >= 15 is 0 Å². The van der Waals surface area contributed by atoms with Crippen LogP contribution in [0.4, 0.5) is 11.4 Å². The van der Waals surface area contributed by atoms with E-state index in [0.717, 1.165) is 41.0 Å². The molecule has 134 valence electrons. The van der Waals surface area contributed by atoms with Crippen molar-refractivity contribution in [3.8, 4) is 11.5 Å². The fourth-order valence-corrected chi connectivity index (χ4v) is 8.47. The molecule has 0 aliphatic carbocycles. The van der Waals surface area contributed by atoms with Gasteiger partial charge in [0.1, 0.15) is 0 Å². The monoisotopic (exact) mass is 458 g/mol.